The van der Waals surface area contributed by atoms with Gasteiger partial charge in [-0.15, -0.1) is 0 Å². The van der Waals surface area contributed by atoms with Crippen LogP contribution in [0.25, 0.3) is 0 Å². The molecule has 1 fully saturated rings. The summed E-state index contributed by atoms with van der Waals surface area (Å²) in [5.74, 6) is 1.19. The molecule has 0 saturated carbocycles. The van der Waals surface area contributed by atoms with Gasteiger partial charge in [0.15, 0.2) is 5.96 Å². The van der Waals surface area contributed by atoms with Gasteiger partial charge in [0.25, 0.3) is 0 Å². The maximum Gasteiger partial charge on any atom is 0.222 e. The standard InChI is InChI=1S/C13H26N4O/c1-3-8-15-13(14-4-2)16-9-6-11-17-10-5-7-12(17)18/h3-11H2,1-2H3,(H2,14,15,16). The number of aliphatic imine (C=N–C) groups is 1. The fourth-order valence-electron chi connectivity index (χ4n) is 1.98. The highest BCUT2D eigenvalue weighted by Crippen LogP contribution is 2.09. The normalized spacial score (nSPS) is 16.2. The SMILES string of the molecule is CCCN=C(NCC)NCCCN1CCCC1=O. The smallest absolute Gasteiger partial charge is 0.222 e. The molecule has 1 aliphatic rings. The van der Waals surface area contributed by atoms with E-state index in [0.717, 1.165) is 64.4 Å². The lowest BCUT2D eigenvalue weighted by Crippen LogP contribution is -2.39. The lowest BCUT2D eigenvalue weighted by molar-refractivity contribution is -0.127. The monoisotopic (exact) mass is 254 g/mol. The van der Waals surface area contributed by atoms with Crippen LogP contribution in [0.15, 0.2) is 4.99 Å². The third-order valence-electron chi connectivity index (χ3n) is 2.91. The third kappa shape index (κ3) is 5.38. The molecule has 18 heavy (non-hydrogen) atoms. The third-order valence-corrected chi connectivity index (χ3v) is 2.91. The van der Waals surface area contributed by atoms with E-state index in [0.29, 0.717) is 5.91 Å². The number of rotatable bonds is 7. The van der Waals surface area contributed by atoms with E-state index in [1.54, 1.807) is 0 Å². The van der Waals surface area contributed by atoms with Gasteiger partial charge in [0.1, 0.15) is 0 Å². The van der Waals surface area contributed by atoms with Gasteiger partial charge in [-0.2, -0.15) is 0 Å². The Morgan fingerprint density at radius 2 is 2.22 bits per heavy atom. The summed E-state index contributed by atoms with van der Waals surface area (Å²) in [6.45, 7) is 8.55. The minimum absolute atomic E-state index is 0.307. The van der Waals surface area contributed by atoms with E-state index < -0.39 is 0 Å². The molecular weight excluding hydrogens is 228 g/mol. The van der Waals surface area contributed by atoms with Crippen LogP contribution in [0.4, 0.5) is 0 Å². The van der Waals surface area contributed by atoms with Crippen molar-refractivity contribution >= 4 is 11.9 Å². The predicted molar refractivity (Wildman–Crippen MR) is 74.7 cm³/mol. The summed E-state index contributed by atoms with van der Waals surface area (Å²) in [6.07, 6.45) is 3.78. The van der Waals surface area contributed by atoms with Gasteiger partial charge in [0.2, 0.25) is 5.91 Å². The second-order valence-electron chi connectivity index (χ2n) is 4.53. The summed E-state index contributed by atoms with van der Waals surface area (Å²) in [6, 6.07) is 0. The Morgan fingerprint density at radius 3 is 2.83 bits per heavy atom. The van der Waals surface area contributed by atoms with Crippen LogP contribution in [0.2, 0.25) is 0 Å². The first-order valence-electron chi connectivity index (χ1n) is 7.07. The molecule has 0 atom stereocenters. The van der Waals surface area contributed by atoms with Gasteiger partial charge in [-0.3, -0.25) is 9.79 Å². The van der Waals surface area contributed by atoms with Crippen LogP contribution in [0.3, 0.4) is 0 Å². The van der Waals surface area contributed by atoms with E-state index >= 15 is 0 Å². The number of guanidine groups is 1. The minimum atomic E-state index is 0.307. The molecule has 0 aliphatic carbocycles. The molecule has 104 valence electrons. The molecule has 0 radical (unpaired) electrons. The first-order chi connectivity index (χ1) is 8.77. The van der Waals surface area contributed by atoms with E-state index in [4.69, 9.17) is 0 Å². The van der Waals surface area contributed by atoms with Gasteiger partial charge in [0.05, 0.1) is 0 Å². The number of amides is 1. The zero-order valence-corrected chi connectivity index (χ0v) is 11.7. The summed E-state index contributed by atoms with van der Waals surface area (Å²) in [5, 5.41) is 6.51. The van der Waals surface area contributed by atoms with Crippen LogP contribution in [0.5, 0.6) is 0 Å². The molecule has 1 saturated heterocycles. The Balaban J connectivity index is 2.16. The van der Waals surface area contributed by atoms with Crippen molar-refractivity contribution in [3.63, 3.8) is 0 Å². The van der Waals surface area contributed by atoms with Crippen molar-refractivity contribution in [1.29, 1.82) is 0 Å². The lowest BCUT2D eigenvalue weighted by atomic mass is 10.4. The van der Waals surface area contributed by atoms with E-state index in [-0.39, 0.29) is 0 Å². The Kier molecular flexibility index (Phi) is 7.22. The summed E-state index contributed by atoms with van der Waals surface area (Å²) >= 11 is 0. The zero-order valence-electron chi connectivity index (χ0n) is 11.7. The van der Waals surface area contributed by atoms with Crippen LogP contribution in [0, 0.1) is 0 Å². The Bertz CT molecular complexity index is 278. The molecular formula is C13H26N4O. The van der Waals surface area contributed by atoms with Gasteiger partial charge in [-0.1, -0.05) is 6.92 Å². The molecule has 0 bridgehead atoms. The molecule has 5 heteroatoms. The number of nitrogens with one attached hydrogen (secondary N) is 2. The molecule has 1 heterocycles. The summed E-state index contributed by atoms with van der Waals surface area (Å²) in [7, 11) is 0. The predicted octanol–water partition coefficient (Wildman–Crippen LogP) is 0.964. The molecule has 0 unspecified atom stereocenters. The molecule has 1 aliphatic heterocycles. The lowest BCUT2D eigenvalue weighted by Gasteiger charge is -2.16. The van der Waals surface area contributed by atoms with Crippen molar-refractivity contribution < 1.29 is 4.79 Å². The Labute approximate surface area is 110 Å². The topological polar surface area (TPSA) is 56.7 Å². The quantitative estimate of drug-likeness (QED) is 0.404. The van der Waals surface area contributed by atoms with Crippen molar-refractivity contribution in [3.05, 3.63) is 0 Å². The highest BCUT2D eigenvalue weighted by Gasteiger charge is 2.18. The van der Waals surface area contributed by atoms with Crippen molar-refractivity contribution in [1.82, 2.24) is 15.5 Å². The molecule has 0 aromatic heterocycles. The van der Waals surface area contributed by atoms with Crippen LogP contribution < -0.4 is 10.6 Å². The molecule has 0 spiro atoms. The van der Waals surface area contributed by atoms with Crippen LogP contribution in [-0.2, 0) is 4.79 Å². The minimum Gasteiger partial charge on any atom is -0.357 e. The zero-order chi connectivity index (χ0) is 13.2. The van der Waals surface area contributed by atoms with Gasteiger partial charge >= 0.3 is 0 Å². The maximum atomic E-state index is 11.4. The van der Waals surface area contributed by atoms with E-state index in [1.807, 2.05) is 4.90 Å². The fraction of sp³-hybridized carbons (Fsp3) is 0.846. The van der Waals surface area contributed by atoms with Crippen molar-refractivity contribution in [2.24, 2.45) is 4.99 Å². The Hall–Kier alpha value is -1.26. The van der Waals surface area contributed by atoms with E-state index in [9.17, 15) is 4.79 Å². The van der Waals surface area contributed by atoms with Crippen molar-refractivity contribution in [2.45, 2.75) is 39.5 Å². The molecule has 1 rings (SSSR count). The average molecular weight is 254 g/mol. The van der Waals surface area contributed by atoms with E-state index in [2.05, 4.69) is 29.5 Å². The summed E-state index contributed by atoms with van der Waals surface area (Å²) < 4.78 is 0. The first kappa shape index (κ1) is 14.8. The van der Waals surface area contributed by atoms with Crippen LogP contribution >= 0.6 is 0 Å². The molecule has 0 aromatic carbocycles. The van der Waals surface area contributed by atoms with Gasteiger partial charge < -0.3 is 15.5 Å². The molecule has 0 aromatic rings. The molecule has 1 amide bonds. The van der Waals surface area contributed by atoms with Crippen molar-refractivity contribution in [3.8, 4) is 0 Å². The highest BCUT2D eigenvalue weighted by molar-refractivity contribution is 5.79. The molecule has 5 nitrogen and oxygen atoms in total. The maximum absolute atomic E-state index is 11.4. The largest absolute Gasteiger partial charge is 0.357 e. The second kappa shape index (κ2) is 8.78. The number of likely N-dealkylation sites (tertiary alicyclic amines) is 1. The summed E-state index contributed by atoms with van der Waals surface area (Å²) in [5.41, 5.74) is 0. The van der Waals surface area contributed by atoms with Crippen LogP contribution in [-0.4, -0.2) is 49.5 Å². The number of hydrogen-bond donors (Lipinski definition) is 2. The van der Waals surface area contributed by atoms with E-state index in [1.165, 1.54) is 0 Å². The summed E-state index contributed by atoms with van der Waals surface area (Å²) in [4.78, 5) is 17.8. The number of carbonyl (C=O) groups is 1. The number of hydrogen-bond acceptors (Lipinski definition) is 2. The number of nitrogens with zero attached hydrogens (tertiary/aromatic N) is 2. The Morgan fingerprint density at radius 1 is 1.39 bits per heavy atom. The molecule has 2 N–H and O–H groups in total. The fourth-order valence-corrected chi connectivity index (χ4v) is 1.98. The number of carbonyl (C=O) groups excluding carboxylic acids is 1. The second-order valence-corrected chi connectivity index (χ2v) is 4.53. The van der Waals surface area contributed by atoms with Crippen molar-refractivity contribution in [2.75, 3.05) is 32.7 Å². The van der Waals surface area contributed by atoms with Gasteiger partial charge in [0, 0.05) is 39.1 Å². The van der Waals surface area contributed by atoms with Gasteiger partial charge in [-0.25, -0.2) is 0 Å². The van der Waals surface area contributed by atoms with Gasteiger partial charge in [-0.05, 0) is 26.2 Å². The highest BCUT2D eigenvalue weighted by atomic mass is 16.2. The van der Waals surface area contributed by atoms with Crippen LogP contribution in [0.1, 0.15) is 39.5 Å². The average Bonchev–Trinajstić information content (AvgIpc) is 2.77. The first-order valence-corrected chi connectivity index (χ1v) is 7.07.